The number of hydrogen-bond donors (Lipinski definition) is 2. The molecule has 2 aromatic heterocycles. The summed E-state index contributed by atoms with van der Waals surface area (Å²) >= 11 is 0. The number of benzene rings is 1. The van der Waals surface area contributed by atoms with Crippen molar-refractivity contribution < 1.29 is 9.21 Å². The second-order valence-electron chi connectivity index (χ2n) is 4.87. The average molecular weight is 281 g/mol. The largest absolute Gasteiger partial charge is 0.459 e. The van der Waals surface area contributed by atoms with E-state index in [1.54, 1.807) is 18.3 Å². The van der Waals surface area contributed by atoms with Crippen molar-refractivity contribution in [1.29, 1.82) is 0 Å². The highest BCUT2D eigenvalue weighted by atomic mass is 16.3. The number of nitrogens with two attached hydrogens (primary N) is 1. The number of pyridine rings is 1. The van der Waals surface area contributed by atoms with Crippen LogP contribution in [0, 0.1) is 6.92 Å². The average Bonchev–Trinajstić information content (AvgIpc) is 2.87. The third-order valence-corrected chi connectivity index (χ3v) is 3.23. The van der Waals surface area contributed by atoms with Crippen LogP contribution in [0.5, 0.6) is 0 Å². The number of carbonyl (C=O) groups excluding carboxylic acids is 1. The van der Waals surface area contributed by atoms with E-state index in [-0.39, 0.29) is 11.7 Å². The Morgan fingerprint density at radius 1 is 1.33 bits per heavy atom. The Hall–Kier alpha value is -2.82. The number of amides is 1. The fraction of sp³-hybridized carbons (Fsp3) is 0.125. The number of carbonyl (C=O) groups is 1. The summed E-state index contributed by atoms with van der Waals surface area (Å²) in [6.07, 6.45) is 1.55. The first-order valence-corrected chi connectivity index (χ1v) is 6.61. The standard InChI is InChI=1S/C16H15N3O2/c1-10-4-5-11-8-12(21-14(11)7-10)9-19-16(20)13-3-2-6-18-15(13)17/h2-8H,9H2,1H3,(H2,17,18)(H,19,20). The van der Waals surface area contributed by atoms with Crippen LogP contribution in [0.4, 0.5) is 5.82 Å². The number of furan rings is 1. The smallest absolute Gasteiger partial charge is 0.255 e. The van der Waals surface area contributed by atoms with Crippen molar-refractivity contribution in [1.82, 2.24) is 10.3 Å². The Bertz CT molecular complexity index is 808. The molecule has 106 valence electrons. The second-order valence-corrected chi connectivity index (χ2v) is 4.87. The van der Waals surface area contributed by atoms with Gasteiger partial charge in [-0.2, -0.15) is 0 Å². The summed E-state index contributed by atoms with van der Waals surface area (Å²) in [5.41, 5.74) is 7.99. The maximum absolute atomic E-state index is 12.0. The number of hydrogen-bond acceptors (Lipinski definition) is 4. The number of aryl methyl sites for hydroxylation is 1. The molecule has 2 heterocycles. The monoisotopic (exact) mass is 281 g/mol. The molecule has 0 unspecified atom stereocenters. The lowest BCUT2D eigenvalue weighted by Gasteiger charge is -2.04. The minimum atomic E-state index is -0.266. The van der Waals surface area contributed by atoms with Gasteiger partial charge in [-0.25, -0.2) is 4.98 Å². The minimum absolute atomic E-state index is 0.218. The molecule has 0 radical (unpaired) electrons. The van der Waals surface area contributed by atoms with Crippen LogP contribution in [-0.2, 0) is 6.54 Å². The molecule has 21 heavy (non-hydrogen) atoms. The lowest BCUT2D eigenvalue weighted by Crippen LogP contribution is -2.23. The molecule has 0 atom stereocenters. The molecule has 5 heteroatoms. The molecule has 0 aliphatic carbocycles. The highest BCUT2D eigenvalue weighted by molar-refractivity contribution is 5.98. The van der Waals surface area contributed by atoms with Crippen LogP contribution in [0.15, 0.2) is 47.0 Å². The van der Waals surface area contributed by atoms with Gasteiger partial charge in [0.25, 0.3) is 5.91 Å². The number of anilines is 1. The zero-order valence-corrected chi connectivity index (χ0v) is 11.6. The summed E-state index contributed by atoms with van der Waals surface area (Å²) in [5, 5.41) is 3.80. The van der Waals surface area contributed by atoms with Crippen LogP contribution in [0.2, 0.25) is 0 Å². The Balaban J connectivity index is 1.74. The van der Waals surface area contributed by atoms with Crippen LogP contribution in [0.25, 0.3) is 11.0 Å². The predicted octanol–water partition coefficient (Wildman–Crippen LogP) is 2.65. The normalized spacial score (nSPS) is 10.7. The van der Waals surface area contributed by atoms with Crippen molar-refractivity contribution in [3.05, 3.63) is 59.5 Å². The van der Waals surface area contributed by atoms with Crippen molar-refractivity contribution >= 4 is 22.7 Å². The first-order valence-electron chi connectivity index (χ1n) is 6.61. The van der Waals surface area contributed by atoms with E-state index in [4.69, 9.17) is 10.2 Å². The molecule has 0 fully saturated rings. The van der Waals surface area contributed by atoms with Crippen LogP contribution < -0.4 is 11.1 Å². The van der Waals surface area contributed by atoms with Gasteiger partial charge in [0, 0.05) is 11.6 Å². The van der Waals surface area contributed by atoms with E-state index < -0.39 is 0 Å². The van der Waals surface area contributed by atoms with Gasteiger partial charge in [-0.3, -0.25) is 4.79 Å². The van der Waals surface area contributed by atoms with Crippen molar-refractivity contribution in [2.75, 3.05) is 5.73 Å². The van der Waals surface area contributed by atoms with Gasteiger partial charge in [-0.15, -0.1) is 0 Å². The molecule has 1 aromatic carbocycles. The van der Waals surface area contributed by atoms with Gasteiger partial charge in [0.15, 0.2) is 0 Å². The molecule has 0 saturated heterocycles. The Morgan fingerprint density at radius 2 is 2.19 bits per heavy atom. The number of nitrogens with zero attached hydrogens (tertiary/aromatic N) is 1. The molecule has 1 amide bonds. The van der Waals surface area contributed by atoms with Gasteiger partial charge in [0.2, 0.25) is 0 Å². The summed E-state index contributed by atoms with van der Waals surface area (Å²) in [6.45, 7) is 2.31. The Kier molecular flexibility index (Phi) is 3.31. The zero-order valence-electron chi connectivity index (χ0n) is 11.6. The molecular formula is C16H15N3O2. The number of aromatic nitrogens is 1. The molecular weight excluding hydrogens is 266 g/mol. The summed E-state index contributed by atoms with van der Waals surface area (Å²) in [4.78, 5) is 15.9. The maximum atomic E-state index is 12.0. The molecule has 0 saturated carbocycles. The number of nitrogen functional groups attached to an aromatic ring is 1. The Labute approximate surface area is 121 Å². The van der Waals surface area contributed by atoms with Crippen molar-refractivity contribution in [3.63, 3.8) is 0 Å². The predicted molar refractivity (Wildman–Crippen MR) is 80.8 cm³/mol. The van der Waals surface area contributed by atoms with Crippen LogP contribution in [0.3, 0.4) is 0 Å². The van der Waals surface area contributed by atoms with E-state index in [0.29, 0.717) is 17.9 Å². The summed E-state index contributed by atoms with van der Waals surface area (Å²) in [6, 6.07) is 11.2. The SMILES string of the molecule is Cc1ccc2cc(CNC(=O)c3cccnc3N)oc2c1. The van der Waals surface area contributed by atoms with Gasteiger partial charge < -0.3 is 15.5 Å². The van der Waals surface area contributed by atoms with E-state index >= 15 is 0 Å². The molecule has 0 bridgehead atoms. The maximum Gasteiger partial charge on any atom is 0.255 e. The van der Waals surface area contributed by atoms with Crippen molar-refractivity contribution in [2.24, 2.45) is 0 Å². The third kappa shape index (κ3) is 2.72. The van der Waals surface area contributed by atoms with E-state index in [0.717, 1.165) is 16.5 Å². The number of fused-ring (bicyclic) bond motifs is 1. The van der Waals surface area contributed by atoms with Gasteiger partial charge >= 0.3 is 0 Å². The molecule has 0 aliphatic rings. The van der Waals surface area contributed by atoms with Crippen LogP contribution >= 0.6 is 0 Å². The fourth-order valence-electron chi connectivity index (χ4n) is 2.15. The highest BCUT2D eigenvalue weighted by Gasteiger charge is 2.11. The highest BCUT2D eigenvalue weighted by Crippen LogP contribution is 2.20. The van der Waals surface area contributed by atoms with Crippen molar-refractivity contribution in [2.45, 2.75) is 13.5 Å². The molecule has 0 spiro atoms. The zero-order chi connectivity index (χ0) is 14.8. The summed E-state index contributed by atoms with van der Waals surface area (Å²) in [7, 11) is 0. The molecule has 5 nitrogen and oxygen atoms in total. The van der Waals surface area contributed by atoms with Gasteiger partial charge in [0.1, 0.15) is 17.2 Å². The topological polar surface area (TPSA) is 81.2 Å². The van der Waals surface area contributed by atoms with Crippen LogP contribution in [-0.4, -0.2) is 10.9 Å². The van der Waals surface area contributed by atoms with E-state index in [1.165, 1.54) is 0 Å². The van der Waals surface area contributed by atoms with Gasteiger partial charge in [-0.05, 0) is 36.8 Å². The Morgan fingerprint density at radius 3 is 3.00 bits per heavy atom. The van der Waals surface area contributed by atoms with E-state index in [9.17, 15) is 4.79 Å². The summed E-state index contributed by atoms with van der Waals surface area (Å²) < 4.78 is 5.70. The van der Waals surface area contributed by atoms with Crippen LogP contribution in [0.1, 0.15) is 21.7 Å². The third-order valence-electron chi connectivity index (χ3n) is 3.23. The summed E-state index contributed by atoms with van der Waals surface area (Å²) in [5.74, 6) is 0.652. The van der Waals surface area contributed by atoms with Gasteiger partial charge in [0.05, 0.1) is 12.1 Å². The molecule has 3 N–H and O–H groups in total. The molecule has 3 aromatic rings. The van der Waals surface area contributed by atoms with E-state index in [2.05, 4.69) is 10.3 Å². The van der Waals surface area contributed by atoms with E-state index in [1.807, 2.05) is 31.2 Å². The lowest BCUT2D eigenvalue weighted by molar-refractivity contribution is 0.0949. The number of nitrogens with one attached hydrogen (secondary N) is 1. The van der Waals surface area contributed by atoms with Gasteiger partial charge in [-0.1, -0.05) is 12.1 Å². The first-order chi connectivity index (χ1) is 10.1. The second kappa shape index (κ2) is 5.28. The number of rotatable bonds is 3. The molecule has 3 rings (SSSR count). The van der Waals surface area contributed by atoms with Crippen molar-refractivity contribution in [3.8, 4) is 0 Å². The fourth-order valence-corrected chi connectivity index (χ4v) is 2.15. The lowest BCUT2D eigenvalue weighted by atomic mass is 10.2. The quantitative estimate of drug-likeness (QED) is 0.773. The molecule has 0 aliphatic heterocycles. The first kappa shape index (κ1) is 13.2. The minimum Gasteiger partial charge on any atom is -0.459 e.